The second-order valence-electron chi connectivity index (χ2n) is 6.11. The Balaban J connectivity index is 2.23. The molecule has 2 nitrogen and oxygen atoms in total. The van der Waals surface area contributed by atoms with Crippen LogP contribution in [0.4, 0.5) is 0 Å². The average Bonchev–Trinajstić information content (AvgIpc) is 2.66. The zero-order valence-electron chi connectivity index (χ0n) is 15.8. The summed E-state index contributed by atoms with van der Waals surface area (Å²) in [7, 11) is 1.41. The van der Waals surface area contributed by atoms with Crippen molar-refractivity contribution in [3.8, 4) is 11.5 Å². The van der Waals surface area contributed by atoms with Crippen molar-refractivity contribution in [1.82, 2.24) is 0 Å². The van der Waals surface area contributed by atoms with Gasteiger partial charge in [-0.25, -0.2) is 0 Å². The molecule has 0 aromatic heterocycles. The molecule has 1 radical (unpaired) electrons. The lowest BCUT2D eigenvalue weighted by atomic mass is 10.0. The zero-order valence-corrected chi connectivity index (χ0v) is 15.8. The Morgan fingerprint density at radius 2 is 0.889 bits per heavy atom. The SMILES string of the molecule is C=CCc1cccc(CC=C)c1O[B]Oc1c(CC=C)cccc1CC=C. The van der Waals surface area contributed by atoms with Crippen LogP contribution in [0.3, 0.4) is 0 Å². The molecule has 0 aliphatic heterocycles. The Bertz CT molecular complexity index is 684. The number of rotatable bonds is 12. The van der Waals surface area contributed by atoms with E-state index in [4.69, 9.17) is 9.31 Å². The van der Waals surface area contributed by atoms with Crippen molar-refractivity contribution in [1.29, 1.82) is 0 Å². The smallest absolute Gasteiger partial charge is 0.526 e. The molecule has 0 bridgehead atoms. The quantitative estimate of drug-likeness (QED) is 0.364. The van der Waals surface area contributed by atoms with E-state index in [2.05, 4.69) is 26.3 Å². The Morgan fingerprint density at radius 1 is 0.593 bits per heavy atom. The molecule has 2 aromatic rings. The second-order valence-corrected chi connectivity index (χ2v) is 6.11. The van der Waals surface area contributed by atoms with Gasteiger partial charge in [-0.2, -0.15) is 0 Å². The van der Waals surface area contributed by atoms with Crippen LogP contribution in [0.15, 0.2) is 87.0 Å². The predicted octanol–water partition coefficient (Wildman–Crippen LogP) is 5.59. The van der Waals surface area contributed by atoms with E-state index in [1.165, 1.54) is 7.69 Å². The third-order valence-corrected chi connectivity index (χ3v) is 4.15. The zero-order chi connectivity index (χ0) is 19.5. The molecule has 2 rings (SSSR count). The first-order chi connectivity index (χ1) is 13.2. The summed E-state index contributed by atoms with van der Waals surface area (Å²) >= 11 is 0. The highest BCUT2D eigenvalue weighted by molar-refractivity contribution is 6.21. The summed E-state index contributed by atoms with van der Waals surface area (Å²) in [5.74, 6) is 1.59. The molecule has 0 aliphatic rings. The molecule has 0 saturated carbocycles. The van der Waals surface area contributed by atoms with Crippen molar-refractivity contribution in [3.05, 3.63) is 109 Å². The van der Waals surface area contributed by atoms with Crippen LogP contribution in [0.2, 0.25) is 0 Å². The normalized spacial score (nSPS) is 9.93. The number of hydrogen-bond donors (Lipinski definition) is 0. The summed E-state index contributed by atoms with van der Waals surface area (Å²) in [5.41, 5.74) is 4.26. The van der Waals surface area contributed by atoms with Gasteiger partial charge in [0.2, 0.25) is 0 Å². The highest BCUT2D eigenvalue weighted by Crippen LogP contribution is 2.28. The highest BCUT2D eigenvalue weighted by atomic mass is 16.6. The largest absolute Gasteiger partial charge is 0.658 e. The van der Waals surface area contributed by atoms with Crippen molar-refractivity contribution in [2.75, 3.05) is 0 Å². The summed E-state index contributed by atoms with van der Waals surface area (Å²) in [6, 6.07) is 12.2. The van der Waals surface area contributed by atoms with Crippen molar-refractivity contribution in [3.63, 3.8) is 0 Å². The molecule has 0 N–H and O–H groups in total. The third-order valence-electron chi connectivity index (χ3n) is 4.15. The molecule has 3 heteroatoms. The summed E-state index contributed by atoms with van der Waals surface area (Å²) in [5, 5.41) is 0. The maximum atomic E-state index is 5.95. The first kappa shape index (κ1) is 20.4. The number of benzene rings is 2. The van der Waals surface area contributed by atoms with Gasteiger partial charge in [0.1, 0.15) is 11.5 Å². The summed E-state index contributed by atoms with van der Waals surface area (Å²) < 4.78 is 11.9. The predicted molar refractivity (Wildman–Crippen MR) is 115 cm³/mol. The Hall–Kier alpha value is -2.94. The van der Waals surface area contributed by atoms with Crippen LogP contribution in [-0.2, 0) is 25.7 Å². The molecule has 0 fully saturated rings. The van der Waals surface area contributed by atoms with E-state index in [0.717, 1.165) is 59.4 Å². The molecule has 2 aromatic carbocycles. The van der Waals surface area contributed by atoms with Gasteiger partial charge in [0, 0.05) is 0 Å². The first-order valence-electron chi connectivity index (χ1n) is 9.05. The fraction of sp³-hybridized carbons (Fsp3) is 0.167. The third kappa shape index (κ3) is 5.52. The molecule has 0 spiro atoms. The van der Waals surface area contributed by atoms with Crippen molar-refractivity contribution < 1.29 is 9.31 Å². The monoisotopic (exact) mass is 357 g/mol. The molecular weight excluding hydrogens is 331 g/mol. The lowest BCUT2D eigenvalue weighted by molar-refractivity contribution is 0.449. The van der Waals surface area contributed by atoms with Gasteiger partial charge in [-0.3, -0.25) is 0 Å². The minimum Gasteiger partial charge on any atom is -0.526 e. The Labute approximate surface area is 163 Å². The van der Waals surface area contributed by atoms with E-state index in [0.29, 0.717) is 0 Å². The average molecular weight is 357 g/mol. The highest BCUT2D eigenvalue weighted by Gasteiger charge is 2.14. The molecular formula is C24H26BO2. The van der Waals surface area contributed by atoms with Crippen molar-refractivity contribution in [2.24, 2.45) is 0 Å². The van der Waals surface area contributed by atoms with Crippen molar-refractivity contribution >= 4 is 7.69 Å². The summed E-state index contributed by atoms with van der Waals surface area (Å²) in [6.07, 6.45) is 10.4. The van der Waals surface area contributed by atoms with Crippen LogP contribution >= 0.6 is 0 Å². The van der Waals surface area contributed by atoms with Crippen molar-refractivity contribution in [2.45, 2.75) is 25.7 Å². The maximum Gasteiger partial charge on any atom is 0.658 e. The van der Waals surface area contributed by atoms with Gasteiger partial charge in [-0.05, 0) is 47.9 Å². The van der Waals surface area contributed by atoms with Gasteiger partial charge in [0.05, 0.1) is 0 Å². The van der Waals surface area contributed by atoms with Crippen LogP contribution in [0.5, 0.6) is 11.5 Å². The fourth-order valence-electron chi connectivity index (χ4n) is 2.96. The standard InChI is InChI=1S/C24H26BO2/c1-5-11-19-15-9-16-20(12-6-2)23(19)26-25-27-24-21(13-7-3)17-10-18-22(24)14-8-4/h5-10,15-18H,1-4,11-14H2. The van der Waals surface area contributed by atoms with E-state index >= 15 is 0 Å². The minimum absolute atomic E-state index is 0.725. The Kier molecular flexibility index (Phi) is 8.24. The first-order valence-corrected chi connectivity index (χ1v) is 9.05. The van der Waals surface area contributed by atoms with Gasteiger partial charge in [0.25, 0.3) is 0 Å². The number of hydrogen-bond acceptors (Lipinski definition) is 2. The van der Waals surface area contributed by atoms with Crippen LogP contribution in [0, 0.1) is 0 Å². The van der Waals surface area contributed by atoms with Gasteiger partial charge in [-0.1, -0.05) is 60.7 Å². The van der Waals surface area contributed by atoms with Crippen LogP contribution < -0.4 is 9.31 Å². The molecule has 0 unspecified atom stereocenters. The maximum absolute atomic E-state index is 5.95. The van der Waals surface area contributed by atoms with Gasteiger partial charge >= 0.3 is 7.69 Å². The van der Waals surface area contributed by atoms with Gasteiger partial charge in [-0.15, -0.1) is 26.3 Å². The van der Waals surface area contributed by atoms with E-state index in [1.807, 2.05) is 60.7 Å². The Morgan fingerprint density at radius 3 is 1.15 bits per heavy atom. The number of para-hydroxylation sites is 2. The van der Waals surface area contributed by atoms with Crippen LogP contribution in [0.25, 0.3) is 0 Å². The summed E-state index contributed by atoms with van der Waals surface area (Å²) in [4.78, 5) is 0. The molecule has 0 amide bonds. The minimum atomic E-state index is 0.725. The molecule has 0 saturated heterocycles. The van der Waals surface area contributed by atoms with Gasteiger partial charge < -0.3 is 9.31 Å². The molecule has 27 heavy (non-hydrogen) atoms. The van der Waals surface area contributed by atoms with E-state index < -0.39 is 0 Å². The molecule has 0 heterocycles. The molecule has 0 atom stereocenters. The molecule has 137 valence electrons. The fourth-order valence-corrected chi connectivity index (χ4v) is 2.96. The topological polar surface area (TPSA) is 18.5 Å². The van der Waals surface area contributed by atoms with E-state index in [1.54, 1.807) is 0 Å². The lowest BCUT2D eigenvalue weighted by Gasteiger charge is -2.17. The van der Waals surface area contributed by atoms with Crippen LogP contribution in [-0.4, -0.2) is 7.69 Å². The summed E-state index contributed by atoms with van der Waals surface area (Å²) in [6.45, 7) is 15.3. The molecule has 0 aliphatic carbocycles. The second kappa shape index (κ2) is 10.9. The van der Waals surface area contributed by atoms with Crippen LogP contribution in [0.1, 0.15) is 22.3 Å². The van der Waals surface area contributed by atoms with E-state index in [9.17, 15) is 0 Å². The van der Waals surface area contributed by atoms with E-state index in [-0.39, 0.29) is 0 Å². The van der Waals surface area contributed by atoms with Gasteiger partial charge in [0.15, 0.2) is 0 Å². The lowest BCUT2D eigenvalue weighted by Crippen LogP contribution is -2.15. The number of allylic oxidation sites excluding steroid dienone is 4.